The van der Waals surface area contributed by atoms with Crippen molar-refractivity contribution in [3.8, 4) is 5.75 Å². The minimum atomic E-state index is -4.26. The first-order valence-electron chi connectivity index (χ1n) is 6.21. The SMILES string of the molecule is Cc1ccc(Cl)c(OS(=O)(=O)c2cc(S(C)(=O)=O)ccc2Br)c1. The first-order chi connectivity index (χ1) is 10.5. The molecule has 0 amide bonds. The Labute approximate surface area is 148 Å². The van der Waals surface area contributed by atoms with Gasteiger partial charge in [-0.25, -0.2) is 8.42 Å². The monoisotopic (exact) mass is 438 g/mol. The van der Waals surface area contributed by atoms with Crippen molar-refractivity contribution in [3.05, 3.63) is 51.5 Å². The molecule has 23 heavy (non-hydrogen) atoms. The van der Waals surface area contributed by atoms with Crippen molar-refractivity contribution in [1.29, 1.82) is 0 Å². The topological polar surface area (TPSA) is 77.5 Å². The van der Waals surface area contributed by atoms with E-state index in [1.54, 1.807) is 13.0 Å². The second-order valence-corrected chi connectivity index (χ2v) is 9.63. The van der Waals surface area contributed by atoms with Crippen LogP contribution in [-0.2, 0) is 20.0 Å². The molecule has 0 N–H and O–H groups in total. The molecule has 2 rings (SSSR count). The third-order valence-corrected chi connectivity index (χ3v) is 6.54. The van der Waals surface area contributed by atoms with Crippen molar-refractivity contribution in [1.82, 2.24) is 0 Å². The number of halogens is 2. The molecule has 124 valence electrons. The van der Waals surface area contributed by atoms with Gasteiger partial charge in [-0.3, -0.25) is 0 Å². The first-order valence-corrected chi connectivity index (χ1v) is 10.7. The fourth-order valence-corrected chi connectivity index (χ4v) is 4.55. The van der Waals surface area contributed by atoms with Crippen molar-refractivity contribution in [3.63, 3.8) is 0 Å². The lowest BCUT2D eigenvalue weighted by Gasteiger charge is -2.11. The average molecular weight is 440 g/mol. The van der Waals surface area contributed by atoms with Crippen LogP contribution >= 0.6 is 27.5 Å². The molecule has 0 aliphatic carbocycles. The van der Waals surface area contributed by atoms with Crippen molar-refractivity contribution >= 4 is 47.5 Å². The van der Waals surface area contributed by atoms with Crippen LogP contribution in [0.2, 0.25) is 5.02 Å². The molecular formula is C14H12BrClO5S2. The van der Waals surface area contributed by atoms with E-state index in [1.165, 1.54) is 24.3 Å². The third-order valence-electron chi connectivity index (χ3n) is 2.89. The van der Waals surface area contributed by atoms with Gasteiger partial charge in [-0.1, -0.05) is 17.7 Å². The second kappa shape index (κ2) is 6.43. The molecule has 5 nitrogen and oxygen atoms in total. The van der Waals surface area contributed by atoms with Crippen LogP contribution in [-0.4, -0.2) is 23.1 Å². The first kappa shape index (κ1) is 18.3. The molecule has 0 aliphatic rings. The van der Waals surface area contributed by atoms with E-state index < -0.39 is 20.0 Å². The van der Waals surface area contributed by atoms with Gasteiger partial charge in [-0.15, -0.1) is 0 Å². The highest BCUT2D eigenvalue weighted by Gasteiger charge is 2.23. The molecule has 0 fully saturated rings. The van der Waals surface area contributed by atoms with Crippen LogP contribution in [0, 0.1) is 6.92 Å². The number of hydrogen-bond acceptors (Lipinski definition) is 5. The largest absolute Gasteiger partial charge is 0.377 e. The average Bonchev–Trinajstić information content (AvgIpc) is 2.41. The lowest BCUT2D eigenvalue weighted by atomic mass is 10.2. The van der Waals surface area contributed by atoms with E-state index >= 15 is 0 Å². The Balaban J connectivity index is 2.54. The third kappa shape index (κ3) is 4.26. The number of aryl methyl sites for hydroxylation is 1. The van der Waals surface area contributed by atoms with Crippen molar-refractivity contribution < 1.29 is 21.0 Å². The summed E-state index contributed by atoms with van der Waals surface area (Å²) in [5.74, 6) is -0.0247. The Morgan fingerprint density at radius 3 is 2.30 bits per heavy atom. The smallest absolute Gasteiger partial charge is 0.340 e. The predicted octanol–water partition coefficient (Wildman–Crippen LogP) is 3.58. The fourth-order valence-electron chi connectivity index (χ4n) is 1.74. The predicted molar refractivity (Wildman–Crippen MR) is 91.3 cm³/mol. The summed E-state index contributed by atoms with van der Waals surface area (Å²) in [4.78, 5) is -0.420. The normalized spacial score (nSPS) is 12.2. The Morgan fingerprint density at radius 1 is 1.04 bits per heavy atom. The van der Waals surface area contributed by atoms with Crippen LogP contribution in [0.1, 0.15) is 5.56 Å². The van der Waals surface area contributed by atoms with Gasteiger partial charge in [0.25, 0.3) is 0 Å². The molecule has 0 unspecified atom stereocenters. The van der Waals surface area contributed by atoms with Crippen LogP contribution in [0.5, 0.6) is 5.75 Å². The number of benzene rings is 2. The standard InChI is InChI=1S/C14H12BrClO5S2/c1-9-3-6-12(16)13(7-9)21-23(19,20)14-8-10(22(2,17)18)4-5-11(14)15/h3-8H,1-2H3. The van der Waals surface area contributed by atoms with Gasteiger partial charge in [-0.05, 0) is 58.7 Å². The lowest BCUT2D eigenvalue weighted by Crippen LogP contribution is -2.12. The highest BCUT2D eigenvalue weighted by Crippen LogP contribution is 2.31. The summed E-state index contributed by atoms with van der Waals surface area (Å²) in [5.41, 5.74) is 0.767. The van der Waals surface area contributed by atoms with Gasteiger partial charge in [0.2, 0.25) is 0 Å². The van der Waals surface area contributed by atoms with Gasteiger partial charge < -0.3 is 4.18 Å². The van der Waals surface area contributed by atoms with Crippen LogP contribution in [0.3, 0.4) is 0 Å². The molecule has 0 bridgehead atoms. The molecule has 0 atom stereocenters. The molecule has 0 heterocycles. The lowest BCUT2D eigenvalue weighted by molar-refractivity contribution is 0.485. The zero-order valence-electron chi connectivity index (χ0n) is 12.1. The van der Waals surface area contributed by atoms with E-state index in [0.717, 1.165) is 17.9 Å². The van der Waals surface area contributed by atoms with E-state index in [9.17, 15) is 16.8 Å². The molecule has 0 spiro atoms. The Hall–Kier alpha value is -1.09. The summed E-state index contributed by atoms with van der Waals surface area (Å²) >= 11 is 9.03. The van der Waals surface area contributed by atoms with E-state index in [2.05, 4.69) is 15.9 Å². The Kier molecular flexibility index (Phi) is 5.10. The van der Waals surface area contributed by atoms with Gasteiger partial charge >= 0.3 is 10.1 Å². The summed E-state index contributed by atoms with van der Waals surface area (Å²) < 4.78 is 53.4. The Bertz CT molecular complexity index is 969. The van der Waals surface area contributed by atoms with Gasteiger partial charge in [0, 0.05) is 10.7 Å². The maximum Gasteiger partial charge on any atom is 0.340 e. The summed E-state index contributed by atoms with van der Waals surface area (Å²) in [6, 6.07) is 8.39. The van der Waals surface area contributed by atoms with E-state index in [0.29, 0.717) is 0 Å². The van der Waals surface area contributed by atoms with Crippen molar-refractivity contribution in [2.45, 2.75) is 16.7 Å². The second-order valence-electron chi connectivity index (χ2n) is 4.84. The molecule has 0 saturated heterocycles. The fraction of sp³-hybridized carbons (Fsp3) is 0.143. The van der Waals surface area contributed by atoms with Gasteiger partial charge in [0.05, 0.1) is 9.92 Å². The zero-order valence-corrected chi connectivity index (χ0v) is 16.1. The van der Waals surface area contributed by atoms with Crippen molar-refractivity contribution in [2.75, 3.05) is 6.26 Å². The highest BCUT2D eigenvalue weighted by atomic mass is 79.9. The van der Waals surface area contributed by atoms with Gasteiger partial charge in [0.1, 0.15) is 4.90 Å². The van der Waals surface area contributed by atoms with Crippen molar-refractivity contribution in [2.24, 2.45) is 0 Å². The molecule has 0 saturated carbocycles. The van der Waals surface area contributed by atoms with Gasteiger partial charge in [0.15, 0.2) is 15.6 Å². The molecule has 0 aliphatic heterocycles. The summed E-state index contributed by atoms with van der Waals surface area (Å²) in [5, 5.41) is 0.134. The minimum absolute atomic E-state index is 0.0247. The number of sulfone groups is 1. The quantitative estimate of drug-likeness (QED) is 0.680. The molecule has 2 aromatic carbocycles. The molecule has 0 aromatic heterocycles. The maximum atomic E-state index is 12.5. The minimum Gasteiger partial charge on any atom is -0.377 e. The van der Waals surface area contributed by atoms with Crippen LogP contribution in [0.4, 0.5) is 0 Å². The number of hydrogen-bond donors (Lipinski definition) is 0. The summed E-state index contributed by atoms with van der Waals surface area (Å²) in [7, 11) is -7.82. The maximum absolute atomic E-state index is 12.5. The van der Waals surface area contributed by atoms with E-state index in [-0.39, 0.29) is 25.0 Å². The Morgan fingerprint density at radius 2 is 1.70 bits per heavy atom. The van der Waals surface area contributed by atoms with Crippen LogP contribution < -0.4 is 4.18 Å². The van der Waals surface area contributed by atoms with E-state index in [1.807, 2.05) is 0 Å². The zero-order chi connectivity index (χ0) is 17.4. The number of rotatable bonds is 4. The highest BCUT2D eigenvalue weighted by molar-refractivity contribution is 9.10. The van der Waals surface area contributed by atoms with Crippen LogP contribution in [0.25, 0.3) is 0 Å². The molecule has 2 aromatic rings. The summed E-state index contributed by atoms with van der Waals surface area (Å²) in [6.07, 6.45) is 0.991. The van der Waals surface area contributed by atoms with Gasteiger partial charge in [-0.2, -0.15) is 8.42 Å². The van der Waals surface area contributed by atoms with E-state index in [4.69, 9.17) is 15.8 Å². The molecule has 9 heteroatoms. The van der Waals surface area contributed by atoms with Crippen LogP contribution in [0.15, 0.2) is 50.7 Å². The summed E-state index contributed by atoms with van der Waals surface area (Å²) in [6.45, 7) is 1.76. The molecule has 0 radical (unpaired) electrons. The molecular weight excluding hydrogens is 428 g/mol.